The van der Waals surface area contributed by atoms with Crippen LogP contribution in [0.3, 0.4) is 0 Å². The van der Waals surface area contributed by atoms with Crippen molar-refractivity contribution in [3.63, 3.8) is 0 Å². The molecule has 0 saturated heterocycles. The lowest BCUT2D eigenvalue weighted by Gasteiger charge is -2.64. The van der Waals surface area contributed by atoms with Gasteiger partial charge in [-0.05, 0) is 109 Å². The van der Waals surface area contributed by atoms with Gasteiger partial charge in [-0.1, -0.05) is 93.6 Å². The molecule has 4 aliphatic rings. The molecule has 2 nitrogen and oxygen atoms in total. The highest BCUT2D eigenvalue weighted by Gasteiger charge is 2.64. The van der Waals surface area contributed by atoms with Gasteiger partial charge in [0.15, 0.2) is 0 Å². The Morgan fingerprint density at radius 2 is 1.57 bits per heavy atom. The first kappa shape index (κ1) is 30.0. The Morgan fingerprint density at radius 1 is 0.905 bits per heavy atom. The molecule has 0 amide bonds. The number of esters is 1. The maximum atomic E-state index is 11.7. The molecule has 226 valence electrons. The largest absolute Gasteiger partial charge is 0.462 e. The highest BCUT2D eigenvalue weighted by Crippen LogP contribution is 2.70. The summed E-state index contributed by atoms with van der Waals surface area (Å²) in [6.45, 7) is 9.22. The van der Waals surface area contributed by atoms with Gasteiger partial charge in [-0.3, -0.25) is 4.79 Å². The summed E-state index contributed by atoms with van der Waals surface area (Å²) >= 11 is 7.55. The van der Waals surface area contributed by atoms with Crippen LogP contribution in [0.15, 0.2) is 72.8 Å². The smallest absolute Gasteiger partial charge is 0.302 e. The molecule has 42 heavy (non-hydrogen) atoms. The average Bonchev–Trinajstić information content (AvgIpc) is 3.34. The highest BCUT2D eigenvalue weighted by molar-refractivity contribution is 6.24. The molecule has 0 bridgehead atoms. The van der Waals surface area contributed by atoms with E-state index in [1.54, 1.807) is 0 Å². The summed E-state index contributed by atoms with van der Waals surface area (Å²) in [6.07, 6.45) is 16.7. The third kappa shape index (κ3) is 5.29. The Morgan fingerprint density at radius 3 is 2.21 bits per heavy atom. The van der Waals surface area contributed by atoms with Gasteiger partial charge in [-0.25, -0.2) is 0 Å². The second kappa shape index (κ2) is 11.8. The number of benzene rings is 2. The van der Waals surface area contributed by atoms with E-state index in [0.717, 1.165) is 49.9 Å². The summed E-state index contributed by atoms with van der Waals surface area (Å²) in [4.78, 5) is 11.5. The lowest BCUT2D eigenvalue weighted by molar-refractivity contribution is -0.157. The fraction of sp³-hybridized carbons (Fsp3) is 0.615. The van der Waals surface area contributed by atoms with Crippen LogP contribution in [0.5, 0.6) is 0 Å². The maximum absolute atomic E-state index is 11.7. The summed E-state index contributed by atoms with van der Waals surface area (Å²) in [5, 5.41) is 0. The summed E-state index contributed by atoms with van der Waals surface area (Å²) in [7, 11) is 0. The predicted octanol–water partition coefficient (Wildman–Crippen LogP) is 10.4. The fourth-order valence-corrected chi connectivity index (χ4v) is 11.3. The number of allylic oxidation sites excluding steroid dienone is 2. The topological polar surface area (TPSA) is 26.3 Å². The number of ether oxygens (including phenoxy) is 1. The molecule has 0 radical (unpaired) electrons. The summed E-state index contributed by atoms with van der Waals surface area (Å²) in [5.41, 5.74) is 3.31. The molecule has 9 atom stereocenters. The molecule has 0 aromatic heterocycles. The van der Waals surface area contributed by atoms with E-state index in [1.165, 1.54) is 50.2 Å². The van der Waals surface area contributed by atoms with Crippen LogP contribution in [0.2, 0.25) is 0 Å². The second-order valence-electron chi connectivity index (χ2n) is 14.9. The number of fused-ring (bicyclic) bond motifs is 5. The number of hydrogen-bond acceptors (Lipinski definition) is 2. The zero-order valence-electron chi connectivity index (χ0n) is 26.2. The molecule has 6 rings (SSSR count). The normalized spacial score (nSPS) is 38.5. The van der Waals surface area contributed by atoms with Crippen molar-refractivity contribution in [1.82, 2.24) is 0 Å². The lowest BCUT2D eigenvalue weighted by atomic mass is 9.44. The van der Waals surface area contributed by atoms with Crippen molar-refractivity contribution in [2.45, 2.75) is 109 Å². The van der Waals surface area contributed by atoms with Gasteiger partial charge >= 0.3 is 5.97 Å². The average molecular weight is 587 g/mol. The SMILES string of the molecule is CC(=O)O[C@@H]1CC[C@]2(C)[C@H]3CC[C@@]4(C)[C@@H](CC[C@H]4[C@H](C)C/C=C/C(c4ccccc4)c4ccccc4)[C@@H]3CC[C@@]2(Cl)C1. The van der Waals surface area contributed by atoms with Gasteiger partial charge in [-0.15, -0.1) is 11.6 Å². The number of hydrogen-bond donors (Lipinski definition) is 0. The van der Waals surface area contributed by atoms with E-state index in [9.17, 15) is 4.79 Å². The number of carbonyl (C=O) groups is 1. The van der Waals surface area contributed by atoms with E-state index in [2.05, 4.69) is 93.6 Å². The van der Waals surface area contributed by atoms with Gasteiger partial charge in [0, 0.05) is 19.3 Å². The molecule has 2 aromatic carbocycles. The van der Waals surface area contributed by atoms with Crippen LogP contribution in [-0.2, 0) is 9.53 Å². The fourth-order valence-electron chi connectivity index (χ4n) is 10.8. The lowest BCUT2D eigenvalue weighted by Crippen LogP contribution is -2.60. The second-order valence-corrected chi connectivity index (χ2v) is 15.7. The number of carbonyl (C=O) groups excluding carboxylic acids is 1. The first-order valence-electron chi connectivity index (χ1n) is 16.8. The molecule has 0 spiro atoms. The number of alkyl halides is 1. The van der Waals surface area contributed by atoms with E-state index in [1.807, 2.05) is 0 Å². The first-order chi connectivity index (χ1) is 20.1. The minimum atomic E-state index is -0.232. The van der Waals surface area contributed by atoms with Crippen molar-refractivity contribution in [3.05, 3.63) is 83.9 Å². The number of halogens is 1. The molecule has 0 aliphatic heterocycles. The van der Waals surface area contributed by atoms with Crippen molar-refractivity contribution in [1.29, 1.82) is 0 Å². The van der Waals surface area contributed by atoms with Crippen molar-refractivity contribution in [3.8, 4) is 0 Å². The van der Waals surface area contributed by atoms with Gasteiger partial charge in [0.1, 0.15) is 6.10 Å². The van der Waals surface area contributed by atoms with Crippen molar-refractivity contribution >= 4 is 17.6 Å². The van der Waals surface area contributed by atoms with E-state index >= 15 is 0 Å². The molecule has 2 aromatic rings. The summed E-state index contributed by atoms with van der Waals surface area (Å²) < 4.78 is 5.68. The molecule has 3 heteroatoms. The minimum absolute atomic E-state index is 0.00775. The van der Waals surface area contributed by atoms with Crippen molar-refractivity contribution < 1.29 is 9.53 Å². The van der Waals surface area contributed by atoms with Crippen LogP contribution in [-0.4, -0.2) is 16.9 Å². The van der Waals surface area contributed by atoms with Gasteiger partial charge < -0.3 is 4.74 Å². The predicted molar refractivity (Wildman–Crippen MR) is 174 cm³/mol. The van der Waals surface area contributed by atoms with Crippen LogP contribution >= 0.6 is 11.6 Å². The zero-order valence-corrected chi connectivity index (χ0v) is 27.0. The standard InChI is InChI=1S/C39H51ClO2/c1-27(12-11-17-32(29-13-7-5-8-14-29)30-15-9-6-10-16-30)34-18-19-35-33-21-25-39(40)26-31(42-28(2)41)20-24-38(39,4)36(33)22-23-37(34,35)3/h5-11,13-17,27,31-36H,12,18-26H2,1-4H3/b17-11+/t27-,31-,33+,34+,35+,36+,37-,38-,39-/m1/s1. The van der Waals surface area contributed by atoms with Crippen LogP contribution < -0.4 is 0 Å². The Kier molecular flexibility index (Phi) is 8.42. The van der Waals surface area contributed by atoms with E-state index in [0.29, 0.717) is 23.2 Å². The van der Waals surface area contributed by atoms with Gasteiger partial charge in [0.25, 0.3) is 0 Å². The summed E-state index contributed by atoms with van der Waals surface area (Å²) in [5.74, 6) is 3.92. The minimum Gasteiger partial charge on any atom is -0.462 e. The van der Waals surface area contributed by atoms with Crippen molar-refractivity contribution in [2.75, 3.05) is 0 Å². The van der Waals surface area contributed by atoms with Crippen LogP contribution in [0.1, 0.15) is 109 Å². The molecule has 4 fully saturated rings. The van der Waals surface area contributed by atoms with Crippen LogP contribution in [0.4, 0.5) is 0 Å². The molecular formula is C39H51ClO2. The summed E-state index contributed by atoms with van der Waals surface area (Å²) in [6, 6.07) is 21.9. The van der Waals surface area contributed by atoms with E-state index in [-0.39, 0.29) is 22.4 Å². The van der Waals surface area contributed by atoms with Gasteiger partial charge in [0.2, 0.25) is 0 Å². The Bertz CT molecular complexity index is 1220. The third-order valence-electron chi connectivity index (χ3n) is 12.9. The van der Waals surface area contributed by atoms with E-state index < -0.39 is 0 Å². The molecular weight excluding hydrogens is 536 g/mol. The van der Waals surface area contributed by atoms with Gasteiger partial charge in [-0.2, -0.15) is 0 Å². The molecule has 4 aliphatic carbocycles. The van der Waals surface area contributed by atoms with Crippen LogP contribution in [0.25, 0.3) is 0 Å². The third-order valence-corrected chi connectivity index (χ3v) is 13.7. The zero-order chi connectivity index (χ0) is 29.5. The molecule has 0 N–H and O–H groups in total. The van der Waals surface area contributed by atoms with Crippen molar-refractivity contribution in [2.24, 2.45) is 40.4 Å². The van der Waals surface area contributed by atoms with Gasteiger partial charge in [0.05, 0.1) is 4.87 Å². The van der Waals surface area contributed by atoms with E-state index in [4.69, 9.17) is 16.3 Å². The molecule has 0 heterocycles. The Balaban J connectivity index is 1.15. The molecule has 4 saturated carbocycles. The number of rotatable bonds is 7. The molecule has 0 unspecified atom stereocenters. The Hall–Kier alpha value is -2.06. The first-order valence-corrected chi connectivity index (χ1v) is 17.1. The Labute approximate surface area is 259 Å². The highest BCUT2D eigenvalue weighted by atomic mass is 35.5. The maximum Gasteiger partial charge on any atom is 0.302 e. The quantitative estimate of drug-likeness (QED) is 0.183. The van der Waals surface area contributed by atoms with Crippen LogP contribution in [0, 0.1) is 40.4 Å². The monoisotopic (exact) mass is 586 g/mol.